The summed E-state index contributed by atoms with van der Waals surface area (Å²) in [6.45, 7) is 9.30. The molecule has 0 aliphatic rings. The van der Waals surface area contributed by atoms with Gasteiger partial charge in [0.2, 0.25) is 0 Å². The van der Waals surface area contributed by atoms with Crippen LogP contribution in [0.3, 0.4) is 0 Å². The van der Waals surface area contributed by atoms with Crippen LogP contribution >= 0.6 is 0 Å². The molecule has 0 bridgehead atoms. The van der Waals surface area contributed by atoms with Gasteiger partial charge in [-0.2, -0.15) is 0 Å². The Morgan fingerprint density at radius 3 is 2.08 bits per heavy atom. The third-order valence-corrected chi connectivity index (χ3v) is 6.36. The van der Waals surface area contributed by atoms with Crippen LogP contribution in [-0.2, 0) is 0 Å². The van der Waals surface area contributed by atoms with Gasteiger partial charge in [-0.05, 0) is 23.2 Å². The first-order valence-electron chi connectivity index (χ1n) is 5.04. The average Bonchev–Trinajstić information content (AvgIpc) is 2.04. The van der Waals surface area contributed by atoms with Gasteiger partial charge in [-0.3, -0.25) is 4.98 Å². The zero-order valence-electron chi connectivity index (χ0n) is 8.99. The summed E-state index contributed by atoms with van der Waals surface area (Å²) in [5.74, 6) is 0. The van der Waals surface area contributed by atoms with E-state index in [4.69, 9.17) is 0 Å². The Bertz CT molecular complexity index is 236. The molecule has 0 aromatic carbocycles. The Hall–Kier alpha value is -0.633. The van der Waals surface area contributed by atoms with Gasteiger partial charge in [0.1, 0.15) is 0 Å². The fourth-order valence-electron chi connectivity index (χ4n) is 2.03. The van der Waals surface area contributed by atoms with Crippen molar-refractivity contribution in [3.8, 4) is 0 Å². The SMILES string of the molecule is CC(C)[SiH](c1ccccn1)C(C)C. The lowest BCUT2D eigenvalue weighted by molar-refractivity contribution is 0.947. The summed E-state index contributed by atoms with van der Waals surface area (Å²) < 4.78 is 0. The molecular weight excluding hydrogens is 174 g/mol. The van der Waals surface area contributed by atoms with Crippen molar-refractivity contribution in [3.05, 3.63) is 24.4 Å². The van der Waals surface area contributed by atoms with Crippen molar-refractivity contribution in [3.63, 3.8) is 0 Å². The van der Waals surface area contributed by atoms with Gasteiger partial charge >= 0.3 is 0 Å². The maximum absolute atomic E-state index is 4.48. The number of pyridine rings is 1. The molecule has 0 aliphatic heterocycles. The summed E-state index contributed by atoms with van der Waals surface area (Å²) in [6, 6.07) is 6.29. The van der Waals surface area contributed by atoms with Gasteiger partial charge in [-0.25, -0.2) is 0 Å². The molecule has 1 heterocycles. The summed E-state index contributed by atoms with van der Waals surface area (Å²) in [5.41, 5.74) is 1.60. The molecule has 0 fully saturated rings. The molecular formula is C11H19NSi. The third kappa shape index (κ3) is 2.66. The largest absolute Gasteiger partial charge is 0.266 e. The molecule has 0 unspecified atom stereocenters. The van der Waals surface area contributed by atoms with Crippen LogP contribution in [0.15, 0.2) is 24.4 Å². The zero-order chi connectivity index (χ0) is 9.84. The van der Waals surface area contributed by atoms with Gasteiger partial charge in [-0.15, -0.1) is 0 Å². The number of hydrogen-bond acceptors (Lipinski definition) is 1. The van der Waals surface area contributed by atoms with Crippen molar-refractivity contribution in [2.24, 2.45) is 0 Å². The van der Waals surface area contributed by atoms with Crippen molar-refractivity contribution in [1.82, 2.24) is 4.98 Å². The molecule has 1 aromatic heterocycles. The van der Waals surface area contributed by atoms with Crippen LogP contribution in [0.2, 0.25) is 11.1 Å². The highest BCUT2D eigenvalue weighted by atomic mass is 28.3. The number of aromatic nitrogens is 1. The monoisotopic (exact) mass is 193 g/mol. The highest BCUT2D eigenvalue weighted by Gasteiger charge is 2.22. The Balaban J connectivity index is 2.89. The van der Waals surface area contributed by atoms with Crippen LogP contribution in [0.5, 0.6) is 0 Å². The number of hydrogen-bond donors (Lipinski definition) is 0. The van der Waals surface area contributed by atoms with Crippen LogP contribution in [0.1, 0.15) is 27.7 Å². The Morgan fingerprint density at radius 1 is 1.08 bits per heavy atom. The first kappa shape index (κ1) is 10.4. The Labute approximate surface area is 82.8 Å². The fraction of sp³-hybridized carbons (Fsp3) is 0.545. The Morgan fingerprint density at radius 2 is 1.69 bits per heavy atom. The van der Waals surface area contributed by atoms with E-state index in [0.29, 0.717) is 0 Å². The van der Waals surface area contributed by atoms with Gasteiger partial charge in [0.05, 0.1) is 8.80 Å². The lowest BCUT2D eigenvalue weighted by Gasteiger charge is -2.22. The zero-order valence-corrected chi connectivity index (χ0v) is 10.1. The van der Waals surface area contributed by atoms with Crippen LogP contribution < -0.4 is 5.32 Å². The average molecular weight is 193 g/mol. The molecule has 72 valence electrons. The molecule has 0 aliphatic carbocycles. The van der Waals surface area contributed by atoms with Crippen LogP contribution in [-0.4, -0.2) is 13.8 Å². The maximum atomic E-state index is 4.48. The second-order valence-corrected chi connectivity index (χ2v) is 8.58. The lowest BCUT2D eigenvalue weighted by atomic mass is 10.5. The van der Waals surface area contributed by atoms with Crippen molar-refractivity contribution < 1.29 is 0 Å². The van der Waals surface area contributed by atoms with Gasteiger partial charge in [0, 0.05) is 11.5 Å². The summed E-state index contributed by atoms with van der Waals surface area (Å²) in [7, 11) is -0.850. The Kier molecular flexibility index (Phi) is 3.67. The van der Waals surface area contributed by atoms with E-state index in [0.717, 1.165) is 11.1 Å². The summed E-state index contributed by atoms with van der Waals surface area (Å²) >= 11 is 0. The highest BCUT2D eigenvalue weighted by molar-refractivity contribution is 6.74. The topological polar surface area (TPSA) is 12.9 Å². The van der Waals surface area contributed by atoms with E-state index in [9.17, 15) is 0 Å². The van der Waals surface area contributed by atoms with E-state index in [1.807, 2.05) is 12.3 Å². The second-order valence-electron chi connectivity index (χ2n) is 4.27. The molecule has 13 heavy (non-hydrogen) atoms. The molecule has 0 saturated heterocycles. The molecule has 2 heteroatoms. The lowest BCUT2D eigenvalue weighted by Crippen LogP contribution is -2.37. The summed E-state index contributed by atoms with van der Waals surface area (Å²) in [5, 5.41) is 1.37. The minimum Gasteiger partial charge on any atom is -0.266 e. The van der Waals surface area contributed by atoms with Crippen molar-refractivity contribution in [2.75, 3.05) is 0 Å². The van der Waals surface area contributed by atoms with Crippen LogP contribution in [0.25, 0.3) is 0 Å². The first-order chi connectivity index (χ1) is 6.13. The van der Waals surface area contributed by atoms with Gasteiger partial charge in [-0.1, -0.05) is 33.8 Å². The third-order valence-electron chi connectivity index (χ3n) is 2.47. The van der Waals surface area contributed by atoms with Crippen molar-refractivity contribution in [1.29, 1.82) is 0 Å². The minimum atomic E-state index is -0.850. The van der Waals surface area contributed by atoms with E-state index in [1.54, 1.807) is 0 Å². The number of nitrogens with zero attached hydrogens (tertiary/aromatic N) is 1. The second kappa shape index (κ2) is 4.56. The predicted octanol–water partition coefficient (Wildman–Crippen LogP) is 2.34. The predicted molar refractivity (Wildman–Crippen MR) is 61.2 cm³/mol. The molecule has 0 amide bonds. The maximum Gasteiger partial charge on any atom is 0.0995 e. The molecule has 1 aromatic rings. The van der Waals surface area contributed by atoms with Crippen LogP contribution in [0.4, 0.5) is 0 Å². The van der Waals surface area contributed by atoms with E-state index < -0.39 is 8.80 Å². The van der Waals surface area contributed by atoms with E-state index in [-0.39, 0.29) is 0 Å². The summed E-state index contributed by atoms with van der Waals surface area (Å²) in [6.07, 6.45) is 1.92. The normalized spacial score (nSPS) is 11.6. The highest BCUT2D eigenvalue weighted by Crippen LogP contribution is 2.18. The molecule has 1 nitrogen and oxygen atoms in total. The molecule has 0 radical (unpaired) electrons. The minimum absolute atomic E-state index is 0.801. The van der Waals surface area contributed by atoms with E-state index in [1.165, 1.54) is 5.32 Å². The number of rotatable bonds is 3. The van der Waals surface area contributed by atoms with Crippen LogP contribution in [0, 0.1) is 0 Å². The molecule has 0 saturated carbocycles. The molecule has 0 atom stereocenters. The van der Waals surface area contributed by atoms with Crippen molar-refractivity contribution in [2.45, 2.75) is 38.8 Å². The van der Waals surface area contributed by atoms with Gasteiger partial charge in [0.25, 0.3) is 0 Å². The molecule has 0 N–H and O–H groups in total. The summed E-state index contributed by atoms with van der Waals surface area (Å²) in [4.78, 5) is 4.48. The quantitative estimate of drug-likeness (QED) is 0.671. The smallest absolute Gasteiger partial charge is 0.0995 e. The van der Waals surface area contributed by atoms with E-state index in [2.05, 4.69) is 44.8 Å². The van der Waals surface area contributed by atoms with Gasteiger partial charge in [0.15, 0.2) is 0 Å². The standard InChI is InChI=1S/C11H19NSi/c1-9(2)13(10(3)4)11-7-5-6-8-12-11/h5-10,13H,1-4H3. The molecule has 1 rings (SSSR count). The van der Waals surface area contributed by atoms with Gasteiger partial charge < -0.3 is 0 Å². The fourth-order valence-corrected chi connectivity index (χ4v) is 5.52. The first-order valence-corrected chi connectivity index (χ1v) is 6.95. The van der Waals surface area contributed by atoms with E-state index >= 15 is 0 Å². The van der Waals surface area contributed by atoms with Crippen molar-refractivity contribution >= 4 is 14.1 Å². The molecule has 0 spiro atoms.